The van der Waals surface area contributed by atoms with Gasteiger partial charge >= 0.3 is 0 Å². The van der Waals surface area contributed by atoms with E-state index in [-0.39, 0.29) is 11.5 Å². The van der Waals surface area contributed by atoms with Gasteiger partial charge in [-0.1, -0.05) is 6.92 Å². The molecule has 2 aromatic heterocycles. The summed E-state index contributed by atoms with van der Waals surface area (Å²) in [7, 11) is 1.68. The molecule has 0 radical (unpaired) electrons. The highest BCUT2D eigenvalue weighted by Gasteiger charge is 2.26. The van der Waals surface area contributed by atoms with Crippen molar-refractivity contribution in [3.63, 3.8) is 0 Å². The van der Waals surface area contributed by atoms with E-state index in [0.717, 1.165) is 31.5 Å². The van der Waals surface area contributed by atoms with Gasteiger partial charge in [-0.05, 0) is 31.2 Å². The molecule has 1 aliphatic heterocycles. The van der Waals surface area contributed by atoms with Gasteiger partial charge in [0.15, 0.2) is 0 Å². The van der Waals surface area contributed by atoms with E-state index in [1.54, 1.807) is 7.05 Å². The molecule has 21 heavy (non-hydrogen) atoms. The van der Waals surface area contributed by atoms with Crippen molar-refractivity contribution in [1.29, 1.82) is 0 Å². The molecule has 1 aliphatic rings. The average Bonchev–Trinajstić information content (AvgIpc) is 2.81. The number of rotatable bonds is 1. The summed E-state index contributed by atoms with van der Waals surface area (Å²) in [4.78, 5) is 32.4. The lowest BCUT2D eigenvalue weighted by Crippen LogP contribution is -2.37. The minimum Gasteiger partial charge on any atom is -0.338 e. The summed E-state index contributed by atoms with van der Waals surface area (Å²) in [6.07, 6.45) is 3.61. The Labute approximate surface area is 127 Å². The summed E-state index contributed by atoms with van der Waals surface area (Å²) in [5.41, 5.74) is 0.687. The van der Waals surface area contributed by atoms with E-state index >= 15 is 0 Å². The fourth-order valence-corrected chi connectivity index (χ4v) is 3.88. The maximum absolute atomic E-state index is 12.7. The molecule has 0 aromatic carbocycles. The first-order valence-electron chi connectivity index (χ1n) is 7.23. The first-order valence-corrected chi connectivity index (χ1v) is 8.04. The Morgan fingerprint density at radius 1 is 1.38 bits per heavy atom. The molecule has 6 heteroatoms. The molecule has 0 unspecified atom stereocenters. The monoisotopic (exact) mass is 305 g/mol. The Hall–Kier alpha value is -1.69. The molecule has 3 rings (SSSR count). The third-order valence-corrected chi connectivity index (χ3v) is 5.46. The van der Waals surface area contributed by atoms with E-state index < -0.39 is 0 Å². The normalized spacial score (nSPS) is 16.6. The molecular formula is C15H19N3O2S. The van der Waals surface area contributed by atoms with E-state index in [1.165, 1.54) is 22.2 Å². The number of nitrogens with zero attached hydrogens (tertiary/aromatic N) is 3. The van der Waals surface area contributed by atoms with Crippen LogP contribution in [0.2, 0.25) is 0 Å². The second-order valence-electron chi connectivity index (χ2n) is 5.87. The predicted molar refractivity (Wildman–Crippen MR) is 83.9 cm³/mol. The number of likely N-dealkylation sites (tertiary alicyclic amines) is 1. The fourth-order valence-electron chi connectivity index (χ4n) is 2.77. The third kappa shape index (κ3) is 2.37. The van der Waals surface area contributed by atoms with E-state index in [2.05, 4.69) is 11.9 Å². The summed E-state index contributed by atoms with van der Waals surface area (Å²) in [6, 6.07) is 0. The van der Waals surface area contributed by atoms with Gasteiger partial charge in [0.05, 0.1) is 16.6 Å². The molecule has 1 amide bonds. The van der Waals surface area contributed by atoms with Gasteiger partial charge in [0, 0.05) is 20.1 Å². The molecule has 0 aliphatic carbocycles. The Morgan fingerprint density at radius 3 is 2.71 bits per heavy atom. The van der Waals surface area contributed by atoms with Crippen LogP contribution >= 0.6 is 11.3 Å². The number of carbonyl (C=O) groups excluding carboxylic acids is 1. The summed E-state index contributed by atoms with van der Waals surface area (Å²) >= 11 is 1.33. The molecular weight excluding hydrogens is 286 g/mol. The van der Waals surface area contributed by atoms with Crippen molar-refractivity contribution in [3.8, 4) is 0 Å². The van der Waals surface area contributed by atoms with Crippen LogP contribution in [-0.4, -0.2) is 33.4 Å². The molecule has 0 N–H and O–H groups in total. The molecule has 0 atom stereocenters. The molecule has 112 valence electrons. The van der Waals surface area contributed by atoms with Crippen LogP contribution < -0.4 is 5.56 Å². The summed E-state index contributed by atoms with van der Waals surface area (Å²) in [5.74, 6) is 0.732. The summed E-state index contributed by atoms with van der Waals surface area (Å²) < 4.78 is 1.46. The number of hydrogen-bond acceptors (Lipinski definition) is 4. The second kappa shape index (κ2) is 5.26. The summed E-state index contributed by atoms with van der Waals surface area (Å²) in [5, 5.41) is 0.582. The Morgan fingerprint density at radius 2 is 2.05 bits per heavy atom. The number of thiophene rings is 1. The quantitative estimate of drug-likeness (QED) is 0.811. The maximum atomic E-state index is 12.7. The lowest BCUT2D eigenvalue weighted by Gasteiger charge is -2.30. The number of aromatic nitrogens is 2. The van der Waals surface area contributed by atoms with Crippen LogP contribution in [0, 0.1) is 12.8 Å². The average molecular weight is 305 g/mol. The number of fused-ring (bicyclic) bond motifs is 1. The van der Waals surface area contributed by atoms with Gasteiger partial charge in [-0.15, -0.1) is 11.3 Å². The smallest absolute Gasteiger partial charge is 0.264 e. The van der Waals surface area contributed by atoms with Gasteiger partial charge in [-0.3, -0.25) is 9.59 Å². The van der Waals surface area contributed by atoms with Crippen LogP contribution in [0.5, 0.6) is 0 Å². The molecule has 3 heterocycles. The number of hydrogen-bond donors (Lipinski definition) is 0. The lowest BCUT2D eigenvalue weighted by molar-refractivity contribution is 0.0701. The minimum atomic E-state index is -0.0833. The Bertz CT molecular complexity index is 754. The van der Waals surface area contributed by atoms with Crippen LogP contribution in [0.1, 0.15) is 35.0 Å². The molecule has 1 fully saturated rings. The van der Waals surface area contributed by atoms with Crippen molar-refractivity contribution in [1.82, 2.24) is 14.5 Å². The predicted octanol–water partition coefficient (Wildman–Crippen LogP) is 2.18. The first kappa shape index (κ1) is 14.3. The first-order chi connectivity index (χ1) is 9.99. The summed E-state index contributed by atoms with van der Waals surface area (Å²) in [6.45, 7) is 5.68. The van der Waals surface area contributed by atoms with Gasteiger partial charge in [-0.2, -0.15) is 0 Å². The van der Waals surface area contributed by atoms with Crippen LogP contribution in [0.3, 0.4) is 0 Å². The van der Waals surface area contributed by atoms with Crippen molar-refractivity contribution < 1.29 is 4.79 Å². The van der Waals surface area contributed by atoms with E-state index in [0.29, 0.717) is 21.0 Å². The van der Waals surface area contributed by atoms with Crippen LogP contribution in [0.15, 0.2) is 11.1 Å². The van der Waals surface area contributed by atoms with Crippen molar-refractivity contribution in [2.45, 2.75) is 26.7 Å². The number of amides is 1. The number of carbonyl (C=O) groups is 1. The van der Waals surface area contributed by atoms with Crippen LogP contribution in [-0.2, 0) is 7.05 Å². The molecule has 0 spiro atoms. The van der Waals surface area contributed by atoms with Crippen LogP contribution in [0.4, 0.5) is 0 Å². The molecule has 2 aromatic rings. The zero-order valence-corrected chi connectivity index (χ0v) is 13.4. The fraction of sp³-hybridized carbons (Fsp3) is 0.533. The third-order valence-electron chi connectivity index (χ3n) is 4.28. The second-order valence-corrected chi connectivity index (χ2v) is 6.87. The minimum absolute atomic E-state index is 0.0458. The molecule has 1 saturated heterocycles. The van der Waals surface area contributed by atoms with Crippen molar-refractivity contribution in [3.05, 3.63) is 27.1 Å². The largest absolute Gasteiger partial charge is 0.338 e. The highest BCUT2D eigenvalue weighted by atomic mass is 32.1. The molecule has 5 nitrogen and oxygen atoms in total. The number of piperidine rings is 1. The van der Waals surface area contributed by atoms with Gasteiger partial charge in [-0.25, -0.2) is 4.98 Å². The highest BCUT2D eigenvalue weighted by Crippen LogP contribution is 2.29. The van der Waals surface area contributed by atoms with E-state index in [1.807, 2.05) is 11.8 Å². The van der Waals surface area contributed by atoms with Gasteiger partial charge in [0.1, 0.15) is 4.83 Å². The lowest BCUT2D eigenvalue weighted by atomic mass is 9.99. The van der Waals surface area contributed by atoms with Crippen molar-refractivity contribution in [2.75, 3.05) is 13.1 Å². The van der Waals surface area contributed by atoms with E-state index in [9.17, 15) is 9.59 Å². The van der Waals surface area contributed by atoms with Crippen molar-refractivity contribution >= 4 is 27.5 Å². The SMILES string of the molecule is Cc1c(C(=O)N2CCC(C)CC2)sc2ncn(C)c(=O)c12. The Balaban J connectivity index is 2.01. The van der Waals surface area contributed by atoms with Gasteiger partial charge in [0.2, 0.25) is 0 Å². The topological polar surface area (TPSA) is 55.2 Å². The number of aryl methyl sites for hydroxylation is 2. The maximum Gasteiger partial charge on any atom is 0.264 e. The standard InChI is InChI=1S/C15H19N3O2S/c1-9-4-6-18(7-5-9)15(20)12-10(2)11-13(21-12)16-8-17(3)14(11)19/h8-9H,4-7H2,1-3H3. The van der Waals surface area contributed by atoms with E-state index in [4.69, 9.17) is 0 Å². The Kier molecular flexibility index (Phi) is 3.57. The zero-order chi connectivity index (χ0) is 15.1. The van der Waals surface area contributed by atoms with Crippen LogP contribution in [0.25, 0.3) is 10.2 Å². The van der Waals surface area contributed by atoms with Gasteiger partial charge < -0.3 is 9.47 Å². The van der Waals surface area contributed by atoms with Crippen molar-refractivity contribution in [2.24, 2.45) is 13.0 Å². The van der Waals surface area contributed by atoms with Gasteiger partial charge in [0.25, 0.3) is 11.5 Å². The molecule has 0 bridgehead atoms. The zero-order valence-electron chi connectivity index (χ0n) is 12.5. The highest BCUT2D eigenvalue weighted by molar-refractivity contribution is 7.20. The molecule has 0 saturated carbocycles.